The van der Waals surface area contributed by atoms with Gasteiger partial charge in [0.05, 0.1) is 18.0 Å². The van der Waals surface area contributed by atoms with Gasteiger partial charge in [0, 0.05) is 32.6 Å². The van der Waals surface area contributed by atoms with Crippen LogP contribution in [0.25, 0.3) is 0 Å². The summed E-state index contributed by atoms with van der Waals surface area (Å²) in [6.07, 6.45) is 1.38. The monoisotopic (exact) mass is 484 g/mol. The topological polar surface area (TPSA) is 125 Å². The van der Waals surface area contributed by atoms with Crippen molar-refractivity contribution in [2.75, 3.05) is 39.3 Å². The van der Waals surface area contributed by atoms with Crippen LogP contribution < -0.4 is 10.6 Å². The first-order chi connectivity index (χ1) is 15.7. The van der Waals surface area contributed by atoms with E-state index in [-0.39, 0.29) is 36.0 Å². The molecular weight excluding hydrogens is 455 g/mol. The number of hydrogen-bond acceptors (Lipinski definition) is 6. The van der Waals surface area contributed by atoms with Crippen LogP contribution in [0.5, 0.6) is 0 Å². The number of hydrogen-bond donors (Lipinski definition) is 2. The van der Waals surface area contributed by atoms with Gasteiger partial charge in [-0.15, -0.1) is 0 Å². The predicted octanol–water partition coefficient (Wildman–Crippen LogP) is 0.116. The zero-order valence-electron chi connectivity index (χ0n) is 18.5. The summed E-state index contributed by atoms with van der Waals surface area (Å²) in [6.45, 7) is 3.20. The Balaban J connectivity index is 1.50. The lowest BCUT2D eigenvalue weighted by Crippen LogP contribution is -2.53. The molecule has 0 radical (unpaired) electrons. The highest BCUT2D eigenvalue weighted by Gasteiger charge is 2.35. The van der Waals surface area contributed by atoms with Gasteiger partial charge in [-0.1, -0.05) is 0 Å². The molecule has 1 atom stereocenters. The summed E-state index contributed by atoms with van der Waals surface area (Å²) in [5.74, 6) is -2.16. The number of nitrogens with one attached hydrogen (secondary N) is 2. The highest BCUT2D eigenvalue weighted by molar-refractivity contribution is 7.89. The zero-order valence-corrected chi connectivity index (χ0v) is 19.3. The molecule has 3 rings (SSSR count). The summed E-state index contributed by atoms with van der Waals surface area (Å²) >= 11 is 0. The lowest BCUT2D eigenvalue weighted by Gasteiger charge is -2.34. The Bertz CT molecular complexity index is 1000. The van der Waals surface area contributed by atoms with E-state index in [1.807, 2.05) is 0 Å². The Labute approximate surface area is 192 Å². The molecule has 3 amide bonds. The SMILES string of the molecule is Cc1cc(S(=O)(=O)N2CCCO[C@@H]2CNC(=O)C(=O)NCCCN2CCCC2=O)ccc1F. The maximum atomic E-state index is 13.6. The Hall–Kier alpha value is -2.57. The summed E-state index contributed by atoms with van der Waals surface area (Å²) in [4.78, 5) is 37.4. The first-order valence-corrected chi connectivity index (χ1v) is 12.4. The van der Waals surface area contributed by atoms with Crippen molar-refractivity contribution in [3.8, 4) is 0 Å². The number of carbonyl (C=O) groups is 3. The molecule has 2 aliphatic heterocycles. The van der Waals surface area contributed by atoms with Crippen molar-refractivity contribution in [2.45, 2.75) is 43.7 Å². The molecule has 0 spiro atoms. The van der Waals surface area contributed by atoms with Crippen LogP contribution in [0.4, 0.5) is 4.39 Å². The van der Waals surface area contributed by atoms with Crippen LogP contribution in [0.3, 0.4) is 0 Å². The van der Waals surface area contributed by atoms with E-state index < -0.39 is 33.9 Å². The highest BCUT2D eigenvalue weighted by Crippen LogP contribution is 2.23. The van der Waals surface area contributed by atoms with Crippen molar-refractivity contribution < 1.29 is 31.9 Å². The standard InChI is InChI=1S/C21H29FN4O6S/c1-15-13-16(6-7-17(15)22)33(30,31)26-11-4-12-32-19(26)14-24-21(29)20(28)23-8-3-10-25-9-2-5-18(25)27/h6-7,13,19H,2-5,8-12,14H2,1H3,(H,23,28)(H,24,29)/t19-/m1/s1. The molecule has 0 saturated carbocycles. The molecule has 0 unspecified atom stereocenters. The molecule has 0 aromatic heterocycles. The smallest absolute Gasteiger partial charge is 0.309 e. The van der Waals surface area contributed by atoms with E-state index in [0.29, 0.717) is 39.0 Å². The van der Waals surface area contributed by atoms with E-state index >= 15 is 0 Å². The van der Waals surface area contributed by atoms with Gasteiger partial charge in [-0.05, 0) is 49.9 Å². The number of halogens is 1. The summed E-state index contributed by atoms with van der Waals surface area (Å²) in [6, 6.07) is 3.52. The third-order valence-electron chi connectivity index (χ3n) is 5.60. The number of benzene rings is 1. The fourth-order valence-electron chi connectivity index (χ4n) is 3.77. The highest BCUT2D eigenvalue weighted by atomic mass is 32.2. The fraction of sp³-hybridized carbons (Fsp3) is 0.571. The van der Waals surface area contributed by atoms with Crippen LogP contribution in [-0.2, 0) is 29.1 Å². The zero-order chi connectivity index (χ0) is 24.0. The average molecular weight is 485 g/mol. The minimum Gasteiger partial charge on any atom is -0.360 e. The molecule has 10 nitrogen and oxygen atoms in total. The molecular formula is C21H29FN4O6S. The number of rotatable bonds is 8. The van der Waals surface area contributed by atoms with Crippen LogP contribution in [0, 0.1) is 12.7 Å². The van der Waals surface area contributed by atoms with E-state index in [9.17, 15) is 27.2 Å². The fourth-order valence-corrected chi connectivity index (χ4v) is 5.42. The maximum Gasteiger partial charge on any atom is 0.309 e. The summed E-state index contributed by atoms with van der Waals surface area (Å²) in [7, 11) is -3.99. The average Bonchev–Trinajstić information content (AvgIpc) is 3.21. The van der Waals surface area contributed by atoms with Crippen molar-refractivity contribution in [3.63, 3.8) is 0 Å². The van der Waals surface area contributed by atoms with Crippen LogP contribution in [0.2, 0.25) is 0 Å². The minimum absolute atomic E-state index is 0.0718. The first kappa shape index (κ1) is 25.1. The molecule has 2 heterocycles. The second-order valence-electron chi connectivity index (χ2n) is 8.01. The Morgan fingerprint density at radius 2 is 1.94 bits per heavy atom. The Kier molecular flexibility index (Phi) is 8.38. The molecule has 2 N–H and O–H groups in total. The second-order valence-corrected chi connectivity index (χ2v) is 9.90. The number of ether oxygens (including phenoxy) is 1. The lowest BCUT2D eigenvalue weighted by molar-refractivity contribution is -0.140. The van der Waals surface area contributed by atoms with Gasteiger partial charge in [0.1, 0.15) is 12.0 Å². The summed E-state index contributed by atoms with van der Waals surface area (Å²) < 4.78 is 46.3. The van der Waals surface area contributed by atoms with Gasteiger partial charge in [-0.2, -0.15) is 4.31 Å². The Morgan fingerprint density at radius 1 is 1.18 bits per heavy atom. The van der Waals surface area contributed by atoms with Crippen molar-refractivity contribution >= 4 is 27.7 Å². The molecule has 2 aliphatic rings. The van der Waals surface area contributed by atoms with Crippen LogP contribution in [0.1, 0.15) is 31.2 Å². The van der Waals surface area contributed by atoms with Gasteiger partial charge in [-0.25, -0.2) is 12.8 Å². The van der Waals surface area contributed by atoms with Crippen LogP contribution >= 0.6 is 0 Å². The van der Waals surface area contributed by atoms with Gasteiger partial charge in [0.25, 0.3) is 0 Å². The molecule has 33 heavy (non-hydrogen) atoms. The van der Waals surface area contributed by atoms with E-state index in [2.05, 4.69) is 10.6 Å². The minimum atomic E-state index is -3.99. The number of nitrogens with zero attached hydrogens (tertiary/aromatic N) is 2. The second kappa shape index (κ2) is 11.0. The maximum absolute atomic E-state index is 13.6. The van der Waals surface area contributed by atoms with Crippen molar-refractivity contribution in [3.05, 3.63) is 29.6 Å². The van der Waals surface area contributed by atoms with E-state index in [1.54, 1.807) is 4.90 Å². The van der Waals surface area contributed by atoms with E-state index in [4.69, 9.17) is 4.74 Å². The molecule has 12 heteroatoms. The number of amides is 3. The van der Waals surface area contributed by atoms with Gasteiger partial charge >= 0.3 is 11.8 Å². The summed E-state index contributed by atoms with van der Waals surface area (Å²) in [5.41, 5.74) is 0.199. The first-order valence-electron chi connectivity index (χ1n) is 10.9. The molecule has 0 bridgehead atoms. The normalized spacial score (nSPS) is 19.5. The van der Waals surface area contributed by atoms with Crippen molar-refractivity contribution in [2.24, 2.45) is 0 Å². The number of likely N-dealkylation sites (tertiary alicyclic amines) is 1. The van der Waals surface area contributed by atoms with Crippen LogP contribution in [0.15, 0.2) is 23.1 Å². The molecule has 1 aromatic rings. The quantitative estimate of drug-likeness (QED) is 0.399. The predicted molar refractivity (Wildman–Crippen MR) is 116 cm³/mol. The van der Waals surface area contributed by atoms with Gasteiger partial charge in [-0.3, -0.25) is 14.4 Å². The molecule has 0 aliphatic carbocycles. The van der Waals surface area contributed by atoms with Gasteiger partial charge in [0.15, 0.2) is 0 Å². The Morgan fingerprint density at radius 3 is 2.64 bits per heavy atom. The number of carbonyl (C=O) groups excluding carboxylic acids is 3. The largest absolute Gasteiger partial charge is 0.360 e. The third-order valence-corrected chi connectivity index (χ3v) is 7.48. The molecule has 2 fully saturated rings. The van der Waals surface area contributed by atoms with E-state index in [0.717, 1.165) is 16.8 Å². The van der Waals surface area contributed by atoms with Crippen LogP contribution in [-0.4, -0.2) is 80.9 Å². The molecule has 182 valence electrons. The molecule has 2 saturated heterocycles. The lowest BCUT2D eigenvalue weighted by atomic mass is 10.2. The molecule has 1 aromatic carbocycles. The number of sulfonamides is 1. The van der Waals surface area contributed by atoms with Gasteiger partial charge in [0.2, 0.25) is 15.9 Å². The third kappa shape index (κ3) is 6.27. The van der Waals surface area contributed by atoms with Crippen molar-refractivity contribution in [1.82, 2.24) is 19.8 Å². The van der Waals surface area contributed by atoms with Crippen molar-refractivity contribution in [1.29, 1.82) is 0 Å². The van der Waals surface area contributed by atoms with Gasteiger partial charge < -0.3 is 20.3 Å². The van der Waals surface area contributed by atoms with E-state index in [1.165, 1.54) is 19.1 Å². The number of aryl methyl sites for hydroxylation is 1. The summed E-state index contributed by atoms with van der Waals surface area (Å²) in [5, 5.41) is 4.90.